The summed E-state index contributed by atoms with van der Waals surface area (Å²) in [6, 6.07) is 18.8. The fourth-order valence-corrected chi connectivity index (χ4v) is 4.19. The molecule has 0 bridgehead atoms. The van der Waals surface area contributed by atoms with Crippen LogP contribution in [0.5, 0.6) is 11.5 Å². The van der Waals surface area contributed by atoms with Gasteiger partial charge >= 0.3 is 0 Å². The Bertz CT molecular complexity index is 1200. The number of methoxy groups -OCH3 is 3. The smallest absolute Gasteiger partial charge is 0.254 e. The second-order valence-corrected chi connectivity index (χ2v) is 10.1. The lowest BCUT2D eigenvalue weighted by atomic mass is 10.0. The summed E-state index contributed by atoms with van der Waals surface area (Å²) in [5, 5.41) is 0. The van der Waals surface area contributed by atoms with Crippen LogP contribution in [0.4, 0.5) is 0 Å². The van der Waals surface area contributed by atoms with Gasteiger partial charge < -0.3 is 28.6 Å². The molecule has 0 unspecified atom stereocenters. The molecule has 0 aliphatic heterocycles. The zero-order chi connectivity index (χ0) is 27.7. The van der Waals surface area contributed by atoms with Crippen LogP contribution in [0.2, 0.25) is 0 Å². The van der Waals surface area contributed by atoms with Gasteiger partial charge in [-0.2, -0.15) is 0 Å². The second kappa shape index (κ2) is 13.1. The number of ether oxygens (including phenoxy) is 3. The minimum absolute atomic E-state index is 0.0535. The van der Waals surface area contributed by atoms with Crippen LogP contribution in [-0.2, 0) is 22.6 Å². The van der Waals surface area contributed by atoms with Crippen LogP contribution in [0.1, 0.15) is 42.4 Å². The lowest BCUT2D eigenvalue weighted by molar-refractivity contribution is -0.137. The second-order valence-electron chi connectivity index (χ2n) is 10.1. The minimum Gasteiger partial charge on any atom is -0.497 e. The number of hydrogen-bond acceptors (Lipinski definition) is 5. The Kier molecular flexibility index (Phi) is 9.96. The molecule has 38 heavy (non-hydrogen) atoms. The van der Waals surface area contributed by atoms with Crippen molar-refractivity contribution >= 4 is 11.8 Å². The fourth-order valence-electron chi connectivity index (χ4n) is 4.19. The van der Waals surface area contributed by atoms with Crippen molar-refractivity contribution in [3.05, 3.63) is 83.7 Å². The molecule has 0 radical (unpaired) electrons. The molecule has 2 aromatic carbocycles. The molecule has 0 saturated carbocycles. The maximum Gasteiger partial charge on any atom is 0.254 e. The number of amides is 2. The number of hydrogen-bond donors (Lipinski definition) is 0. The van der Waals surface area contributed by atoms with Crippen molar-refractivity contribution in [2.75, 3.05) is 41.0 Å². The zero-order valence-corrected chi connectivity index (χ0v) is 23.3. The molecular formula is C30H39N3O5. The van der Waals surface area contributed by atoms with Crippen LogP contribution < -0.4 is 9.47 Å². The Balaban J connectivity index is 1.80. The first-order valence-electron chi connectivity index (χ1n) is 12.7. The van der Waals surface area contributed by atoms with Crippen molar-refractivity contribution in [2.45, 2.75) is 39.4 Å². The van der Waals surface area contributed by atoms with Gasteiger partial charge in [0.15, 0.2) is 0 Å². The molecular weight excluding hydrogens is 482 g/mol. The highest BCUT2D eigenvalue weighted by Crippen LogP contribution is 2.21. The summed E-state index contributed by atoms with van der Waals surface area (Å²) in [5.41, 5.74) is 2.13. The summed E-state index contributed by atoms with van der Waals surface area (Å²) in [7, 11) is 4.81. The van der Waals surface area contributed by atoms with Gasteiger partial charge in [-0.05, 0) is 74.9 Å². The molecule has 3 aromatic rings. The Labute approximate surface area is 225 Å². The summed E-state index contributed by atoms with van der Waals surface area (Å²) in [6.45, 7) is 7.66. The van der Waals surface area contributed by atoms with Gasteiger partial charge in [-0.1, -0.05) is 12.1 Å². The summed E-state index contributed by atoms with van der Waals surface area (Å²) in [5.74, 6) is 1.11. The lowest BCUT2D eigenvalue weighted by Gasteiger charge is -2.37. The largest absolute Gasteiger partial charge is 0.497 e. The van der Waals surface area contributed by atoms with E-state index in [0.29, 0.717) is 37.6 Å². The average Bonchev–Trinajstić information content (AvgIpc) is 3.35. The van der Waals surface area contributed by atoms with E-state index in [1.807, 2.05) is 62.2 Å². The third-order valence-electron chi connectivity index (χ3n) is 6.36. The Morgan fingerprint density at radius 2 is 1.61 bits per heavy atom. The number of carbonyl (C=O) groups is 2. The molecule has 0 aliphatic carbocycles. The molecule has 0 atom stereocenters. The zero-order valence-electron chi connectivity index (χ0n) is 23.3. The number of nitrogens with zero attached hydrogens (tertiary/aromatic N) is 3. The Morgan fingerprint density at radius 1 is 0.895 bits per heavy atom. The van der Waals surface area contributed by atoms with E-state index in [9.17, 15) is 9.59 Å². The number of carbonyl (C=O) groups excluding carboxylic acids is 2. The molecule has 2 amide bonds. The number of benzene rings is 2. The standard InChI is InChI=1S/C30H39N3O5/c1-30(2,3)33(21-25-10-8-16-31(25)20-23-9-7-11-27(19-23)38-6)28(34)22-32(17-18-36-4)29(35)24-12-14-26(37-5)15-13-24/h7-16,19H,17-18,20-22H2,1-6H3. The maximum atomic E-state index is 13.7. The predicted octanol–water partition coefficient (Wildman–Crippen LogP) is 4.47. The van der Waals surface area contributed by atoms with E-state index >= 15 is 0 Å². The van der Waals surface area contributed by atoms with Gasteiger partial charge in [0.05, 0.1) is 27.4 Å². The number of rotatable bonds is 12. The summed E-state index contributed by atoms with van der Waals surface area (Å²) >= 11 is 0. The third-order valence-corrected chi connectivity index (χ3v) is 6.36. The van der Waals surface area contributed by atoms with E-state index < -0.39 is 5.54 Å². The number of aromatic nitrogens is 1. The van der Waals surface area contributed by atoms with E-state index in [-0.39, 0.29) is 18.4 Å². The lowest BCUT2D eigenvalue weighted by Crippen LogP contribution is -2.50. The molecule has 204 valence electrons. The van der Waals surface area contributed by atoms with Gasteiger partial charge in [0.2, 0.25) is 5.91 Å². The van der Waals surface area contributed by atoms with Crippen LogP contribution >= 0.6 is 0 Å². The summed E-state index contributed by atoms with van der Waals surface area (Å²) in [4.78, 5) is 30.4. The molecule has 0 fully saturated rings. The van der Waals surface area contributed by atoms with Gasteiger partial charge in [0.25, 0.3) is 5.91 Å². The first-order valence-corrected chi connectivity index (χ1v) is 12.7. The predicted molar refractivity (Wildman–Crippen MR) is 148 cm³/mol. The van der Waals surface area contributed by atoms with Gasteiger partial charge in [0, 0.05) is 43.2 Å². The Hall–Kier alpha value is -3.78. The van der Waals surface area contributed by atoms with Crippen molar-refractivity contribution < 1.29 is 23.8 Å². The van der Waals surface area contributed by atoms with E-state index in [4.69, 9.17) is 14.2 Å². The van der Waals surface area contributed by atoms with Gasteiger partial charge in [-0.3, -0.25) is 9.59 Å². The van der Waals surface area contributed by atoms with Crippen LogP contribution in [0.25, 0.3) is 0 Å². The highest BCUT2D eigenvalue weighted by Gasteiger charge is 2.30. The van der Waals surface area contributed by atoms with Gasteiger partial charge in [0.1, 0.15) is 18.0 Å². The van der Waals surface area contributed by atoms with Crippen LogP contribution in [-0.4, -0.2) is 72.7 Å². The van der Waals surface area contributed by atoms with Crippen LogP contribution in [0.15, 0.2) is 66.9 Å². The molecule has 0 aliphatic rings. The summed E-state index contributed by atoms with van der Waals surface area (Å²) < 4.78 is 17.9. The van der Waals surface area contributed by atoms with E-state index in [0.717, 1.165) is 17.0 Å². The molecule has 1 aromatic heterocycles. The van der Waals surface area contributed by atoms with Crippen molar-refractivity contribution in [1.29, 1.82) is 0 Å². The quantitative estimate of drug-likeness (QED) is 0.352. The topological polar surface area (TPSA) is 73.2 Å². The molecule has 1 heterocycles. The monoisotopic (exact) mass is 521 g/mol. The third kappa shape index (κ3) is 7.61. The van der Waals surface area contributed by atoms with Gasteiger partial charge in [-0.15, -0.1) is 0 Å². The molecule has 8 heteroatoms. The first-order chi connectivity index (χ1) is 18.2. The van der Waals surface area contributed by atoms with E-state index in [1.165, 1.54) is 0 Å². The SMILES string of the molecule is COCCN(CC(=O)N(Cc1cccn1Cc1cccc(OC)c1)C(C)(C)C)C(=O)c1ccc(OC)cc1. The first kappa shape index (κ1) is 28.8. The average molecular weight is 522 g/mol. The molecule has 0 saturated heterocycles. The highest BCUT2D eigenvalue weighted by molar-refractivity contribution is 5.96. The van der Waals surface area contributed by atoms with Crippen LogP contribution in [0.3, 0.4) is 0 Å². The molecule has 3 rings (SSSR count). The molecule has 0 spiro atoms. The van der Waals surface area contributed by atoms with Crippen molar-refractivity contribution in [3.63, 3.8) is 0 Å². The maximum absolute atomic E-state index is 13.7. The van der Waals surface area contributed by atoms with Gasteiger partial charge in [-0.25, -0.2) is 0 Å². The normalized spacial score (nSPS) is 11.2. The minimum atomic E-state index is -0.460. The molecule has 8 nitrogen and oxygen atoms in total. The highest BCUT2D eigenvalue weighted by atomic mass is 16.5. The van der Waals surface area contributed by atoms with E-state index in [1.54, 1.807) is 50.5 Å². The van der Waals surface area contributed by atoms with Crippen LogP contribution in [0, 0.1) is 0 Å². The molecule has 0 N–H and O–H groups in total. The van der Waals surface area contributed by atoms with Crippen molar-refractivity contribution in [3.8, 4) is 11.5 Å². The van der Waals surface area contributed by atoms with Crippen molar-refractivity contribution in [2.24, 2.45) is 0 Å². The summed E-state index contributed by atoms with van der Waals surface area (Å²) in [6.07, 6.45) is 2.01. The fraction of sp³-hybridized carbons (Fsp3) is 0.400. The Morgan fingerprint density at radius 3 is 2.24 bits per heavy atom. The van der Waals surface area contributed by atoms with E-state index in [2.05, 4.69) is 10.6 Å². The van der Waals surface area contributed by atoms with Crippen molar-refractivity contribution in [1.82, 2.24) is 14.4 Å².